The van der Waals surface area contributed by atoms with Gasteiger partial charge in [-0.15, -0.1) is 0 Å². The number of sulfone groups is 1. The predicted molar refractivity (Wildman–Crippen MR) is 135 cm³/mol. The molecule has 4 rings (SSSR count). The van der Waals surface area contributed by atoms with Crippen LogP contribution in [0.1, 0.15) is 32.3 Å². The van der Waals surface area contributed by atoms with Crippen molar-refractivity contribution in [2.24, 2.45) is 4.99 Å². The Bertz CT molecular complexity index is 1130. The van der Waals surface area contributed by atoms with Crippen LogP contribution in [0.5, 0.6) is 5.75 Å². The van der Waals surface area contributed by atoms with Gasteiger partial charge in [0.25, 0.3) is 0 Å². The summed E-state index contributed by atoms with van der Waals surface area (Å²) in [6.45, 7) is 6.85. The molecule has 0 unspecified atom stereocenters. The zero-order chi connectivity index (χ0) is 23.6. The number of ether oxygens (including phenoxy) is 1. The molecule has 1 fully saturated rings. The minimum absolute atomic E-state index is 0.0757. The molecule has 1 saturated heterocycles. The third-order valence-electron chi connectivity index (χ3n) is 5.66. The smallest absolute Gasteiger partial charge is 0.244 e. The number of nitrogens with zero attached hydrogens (tertiary/aromatic N) is 2. The first-order valence-corrected chi connectivity index (χ1v) is 13.8. The normalized spacial score (nSPS) is 20.9. The summed E-state index contributed by atoms with van der Waals surface area (Å²) in [5.74, 6) is 1.18. The fourth-order valence-corrected chi connectivity index (χ4v) is 7.71. The van der Waals surface area contributed by atoms with Crippen molar-refractivity contribution in [2.75, 3.05) is 34.9 Å². The first kappa shape index (κ1) is 23.6. The van der Waals surface area contributed by atoms with Crippen LogP contribution in [0.3, 0.4) is 0 Å². The summed E-state index contributed by atoms with van der Waals surface area (Å²) in [7, 11) is -3.04. The van der Waals surface area contributed by atoms with Gasteiger partial charge in [0.15, 0.2) is 15.0 Å². The molecule has 2 aromatic carbocycles. The van der Waals surface area contributed by atoms with E-state index in [0.29, 0.717) is 23.4 Å². The quantitative estimate of drug-likeness (QED) is 0.637. The Hall–Kier alpha value is -2.52. The van der Waals surface area contributed by atoms with Gasteiger partial charge in [-0.25, -0.2) is 8.42 Å². The summed E-state index contributed by atoms with van der Waals surface area (Å²) in [5, 5.41) is 3.54. The van der Waals surface area contributed by atoms with Crippen molar-refractivity contribution < 1.29 is 17.9 Å². The van der Waals surface area contributed by atoms with E-state index in [9.17, 15) is 13.2 Å². The van der Waals surface area contributed by atoms with E-state index in [1.165, 1.54) is 17.3 Å². The molecule has 1 N–H and O–H groups in total. The fourth-order valence-electron chi connectivity index (χ4n) is 3.92. The maximum atomic E-state index is 12.9. The topological polar surface area (TPSA) is 88.1 Å². The van der Waals surface area contributed by atoms with Crippen molar-refractivity contribution in [2.45, 2.75) is 38.0 Å². The van der Waals surface area contributed by atoms with E-state index in [0.717, 1.165) is 11.4 Å². The Kier molecular flexibility index (Phi) is 6.99. The molecule has 0 aromatic heterocycles. The number of hydrogen-bond donors (Lipinski definition) is 1. The Morgan fingerprint density at radius 2 is 1.85 bits per heavy atom. The fraction of sp³-hybridized carbons (Fsp3) is 0.417. The number of benzene rings is 2. The minimum atomic E-state index is -3.04. The largest absolute Gasteiger partial charge is 0.494 e. The summed E-state index contributed by atoms with van der Waals surface area (Å²) in [5.41, 5.74) is 2.75. The molecule has 2 aliphatic heterocycles. The van der Waals surface area contributed by atoms with Gasteiger partial charge >= 0.3 is 0 Å². The van der Waals surface area contributed by atoms with Crippen LogP contribution in [0.25, 0.3) is 0 Å². The summed E-state index contributed by atoms with van der Waals surface area (Å²) in [6, 6.07) is 15.1. The van der Waals surface area contributed by atoms with Gasteiger partial charge in [0.1, 0.15) is 12.3 Å². The number of thioether (sulfide) groups is 1. The number of carbonyl (C=O) groups is 1. The Morgan fingerprint density at radius 3 is 2.45 bits per heavy atom. The molecule has 0 bridgehead atoms. The zero-order valence-corrected chi connectivity index (χ0v) is 20.7. The zero-order valence-electron chi connectivity index (χ0n) is 19.0. The molecule has 0 saturated carbocycles. The average Bonchev–Trinajstić information content (AvgIpc) is 3.27. The van der Waals surface area contributed by atoms with Crippen molar-refractivity contribution in [3.63, 3.8) is 0 Å². The van der Waals surface area contributed by atoms with Gasteiger partial charge in [0.05, 0.1) is 24.2 Å². The van der Waals surface area contributed by atoms with Crippen LogP contribution in [0.4, 0.5) is 11.4 Å². The van der Waals surface area contributed by atoms with Gasteiger partial charge in [-0.2, -0.15) is 0 Å². The van der Waals surface area contributed by atoms with Crippen molar-refractivity contribution in [3.05, 3.63) is 54.1 Å². The van der Waals surface area contributed by atoms with Gasteiger partial charge in [0, 0.05) is 16.6 Å². The molecule has 9 heteroatoms. The second-order valence-electron chi connectivity index (χ2n) is 8.55. The highest BCUT2D eigenvalue weighted by Crippen LogP contribution is 2.37. The van der Waals surface area contributed by atoms with Crippen molar-refractivity contribution in [1.82, 2.24) is 0 Å². The van der Waals surface area contributed by atoms with E-state index in [1.54, 1.807) is 0 Å². The second-order valence-corrected chi connectivity index (χ2v) is 11.9. The highest BCUT2D eigenvalue weighted by atomic mass is 32.2. The van der Waals surface area contributed by atoms with E-state index in [4.69, 9.17) is 9.73 Å². The Morgan fingerprint density at radius 1 is 1.15 bits per heavy atom. The van der Waals surface area contributed by atoms with Crippen molar-refractivity contribution >= 4 is 44.0 Å². The van der Waals surface area contributed by atoms with Crippen LogP contribution < -0.4 is 15.0 Å². The first-order valence-electron chi connectivity index (χ1n) is 11.1. The second kappa shape index (κ2) is 9.77. The Balaban J connectivity index is 1.53. The van der Waals surface area contributed by atoms with E-state index in [-0.39, 0.29) is 35.2 Å². The van der Waals surface area contributed by atoms with Crippen LogP contribution in [-0.4, -0.2) is 55.4 Å². The number of hydrogen-bond acceptors (Lipinski definition) is 7. The highest BCUT2D eigenvalue weighted by molar-refractivity contribution is 8.15. The number of fused-ring (bicyclic) bond motifs is 1. The van der Waals surface area contributed by atoms with Crippen LogP contribution >= 0.6 is 11.8 Å². The molecular weight excluding hydrogens is 458 g/mol. The van der Waals surface area contributed by atoms with Crippen LogP contribution in [0, 0.1) is 0 Å². The van der Waals surface area contributed by atoms with Gasteiger partial charge in [-0.3, -0.25) is 9.79 Å². The van der Waals surface area contributed by atoms with Crippen LogP contribution in [-0.2, 0) is 14.6 Å². The molecule has 1 amide bonds. The summed E-state index contributed by atoms with van der Waals surface area (Å²) < 4.78 is 29.4. The van der Waals surface area contributed by atoms with Gasteiger partial charge in [-0.1, -0.05) is 37.7 Å². The molecule has 0 aliphatic carbocycles. The SMILES string of the molecule is CCOc1ccc(NC(=O)CN(C2=N[C@H]3CS(=O)(=O)C[C@H]3S2)c2ccc(C(C)C)cc2)cc1. The third kappa shape index (κ3) is 5.70. The molecule has 2 aromatic rings. The van der Waals surface area contributed by atoms with Crippen molar-refractivity contribution in [3.8, 4) is 5.75 Å². The number of amides is 1. The molecule has 0 spiro atoms. The number of carbonyl (C=O) groups excluding carboxylic acids is 1. The monoisotopic (exact) mass is 487 g/mol. The van der Waals surface area contributed by atoms with Crippen LogP contribution in [0.15, 0.2) is 53.5 Å². The molecular formula is C24H29N3O4S2. The van der Waals surface area contributed by atoms with Crippen LogP contribution in [0.2, 0.25) is 0 Å². The standard InChI is InChI=1S/C24H29N3O4S2/c1-4-31-20-11-7-18(8-12-20)25-23(28)13-27(19-9-5-17(6-10-19)16(2)3)24-26-21-14-33(29,30)15-22(21)32-24/h5-12,16,21-22H,4,13-15H2,1-3H3,(H,25,28)/t21-,22+/m0/s1. The maximum Gasteiger partial charge on any atom is 0.244 e. The van der Waals surface area contributed by atoms with E-state index < -0.39 is 9.84 Å². The molecule has 33 heavy (non-hydrogen) atoms. The predicted octanol–water partition coefficient (Wildman–Crippen LogP) is 3.92. The lowest BCUT2D eigenvalue weighted by Gasteiger charge is -2.24. The van der Waals surface area contributed by atoms with E-state index in [2.05, 4.69) is 31.3 Å². The maximum absolute atomic E-state index is 12.9. The van der Waals surface area contributed by atoms with E-state index in [1.807, 2.05) is 48.2 Å². The molecule has 0 radical (unpaired) electrons. The first-order chi connectivity index (χ1) is 15.7. The molecule has 2 atom stereocenters. The lowest BCUT2D eigenvalue weighted by molar-refractivity contribution is -0.114. The van der Waals surface area contributed by atoms with Gasteiger partial charge in [0.2, 0.25) is 5.91 Å². The molecule has 2 heterocycles. The third-order valence-corrected chi connectivity index (χ3v) is 8.91. The number of nitrogens with one attached hydrogen (secondary N) is 1. The molecule has 7 nitrogen and oxygen atoms in total. The number of aliphatic imine (C=N–C) groups is 1. The number of rotatable bonds is 7. The number of amidine groups is 1. The molecule has 176 valence electrons. The highest BCUT2D eigenvalue weighted by Gasteiger charge is 2.44. The molecule has 2 aliphatic rings. The van der Waals surface area contributed by atoms with Gasteiger partial charge in [-0.05, 0) is 54.8 Å². The van der Waals surface area contributed by atoms with Crippen molar-refractivity contribution in [1.29, 1.82) is 0 Å². The lowest BCUT2D eigenvalue weighted by atomic mass is 10.0. The lowest BCUT2D eigenvalue weighted by Crippen LogP contribution is -2.36. The number of anilines is 2. The Labute approximate surface area is 199 Å². The average molecular weight is 488 g/mol. The summed E-state index contributed by atoms with van der Waals surface area (Å²) in [6.07, 6.45) is 0. The minimum Gasteiger partial charge on any atom is -0.494 e. The summed E-state index contributed by atoms with van der Waals surface area (Å²) in [4.78, 5) is 19.5. The van der Waals surface area contributed by atoms with Gasteiger partial charge < -0.3 is 15.0 Å². The summed E-state index contributed by atoms with van der Waals surface area (Å²) >= 11 is 1.45. The van der Waals surface area contributed by atoms with E-state index >= 15 is 0 Å².